The summed E-state index contributed by atoms with van der Waals surface area (Å²) in [4.78, 5) is 0. The maximum Gasteiger partial charge on any atom is 0.0547 e. The van der Waals surface area contributed by atoms with Crippen LogP contribution in [0.1, 0.15) is 39.2 Å². The van der Waals surface area contributed by atoms with E-state index in [0.29, 0.717) is 6.61 Å². The van der Waals surface area contributed by atoms with Crippen molar-refractivity contribution in [2.45, 2.75) is 39.2 Å². The van der Waals surface area contributed by atoms with Crippen LogP contribution in [-0.4, -0.2) is 25.3 Å². The normalized spacial score (nSPS) is 13.6. The van der Waals surface area contributed by atoms with Gasteiger partial charge in [0.25, 0.3) is 0 Å². The first kappa shape index (κ1) is 15.5. The quantitative estimate of drug-likeness (QED) is 0.847. The zero-order valence-corrected chi connectivity index (χ0v) is 12.6. The van der Waals surface area contributed by atoms with Crippen LogP contribution in [0.4, 0.5) is 0 Å². The molecule has 0 saturated heterocycles. The zero-order valence-electron chi connectivity index (χ0n) is 11.8. The lowest BCUT2D eigenvalue weighted by Crippen LogP contribution is -2.39. The minimum absolute atomic E-state index is 0.103. The summed E-state index contributed by atoms with van der Waals surface area (Å²) in [6, 6.07) is 8.00. The highest BCUT2D eigenvalue weighted by molar-refractivity contribution is 6.31. The van der Waals surface area contributed by atoms with Crippen LogP contribution in [0, 0.1) is 0 Å². The number of halogens is 1. The Morgan fingerprint density at radius 2 is 1.94 bits per heavy atom. The molecular formula is C15H24ClNO. The molecule has 1 unspecified atom stereocenters. The van der Waals surface area contributed by atoms with E-state index in [1.807, 2.05) is 25.1 Å². The van der Waals surface area contributed by atoms with Crippen molar-refractivity contribution >= 4 is 11.6 Å². The van der Waals surface area contributed by atoms with Gasteiger partial charge >= 0.3 is 0 Å². The van der Waals surface area contributed by atoms with E-state index < -0.39 is 0 Å². The second-order valence-corrected chi connectivity index (χ2v) is 5.92. The van der Waals surface area contributed by atoms with Crippen LogP contribution < -0.4 is 5.32 Å². The molecule has 0 saturated carbocycles. The summed E-state index contributed by atoms with van der Waals surface area (Å²) in [6.45, 7) is 10.8. The highest BCUT2D eigenvalue weighted by Crippen LogP contribution is 2.24. The van der Waals surface area contributed by atoms with Crippen LogP contribution >= 0.6 is 11.6 Å². The van der Waals surface area contributed by atoms with Gasteiger partial charge in [-0.25, -0.2) is 0 Å². The van der Waals surface area contributed by atoms with E-state index in [1.165, 1.54) is 0 Å². The van der Waals surface area contributed by atoms with Gasteiger partial charge in [0, 0.05) is 29.6 Å². The SMILES string of the molecule is CCOCC(CNC(C)(C)C)c1ccccc1Cl. The number of hydrogen-bond donors (Lipinski definition) is 1. The molecule has 1 N–H and O–H groups in total. The number of hydrogen-bond acceptors (Lipinski definition) is 2. The molecule has 1 atom stereocenters. The van der Waals surface area contributed by atoms with E-state index in [2.05, 4.69) is 32.2 Å². The topological polar surface area (TPSA) is 21.3 Å². The van der Waals surface area contributed by atoms with Crippen molar-refractivity contribution in [2.75, 3.05) is 19.8 Å². The minimum Gasteiger partial charge on any atom is -0.381 e. The summed E-state index contributed by atoms with van der Waals surface area (Å²) in [5.41, 5.74) is 1.26. The third-order valence-electron chi connectivity index (χ3n) is 2.75. The van der Waals surface area contributed by atoms with Crippen LogP contribution in [-0.2, 0) is 4.74 Å². The van der Waals surface area contributed by atoms with Crippen molar-refractivity contribution in [2.24, 2.45) is 0 Å². The van der Waals surface area contributed by atoms with Crippen LogP contribution in [0.25, 0.3) is 0 Å². The fraction of sp³-hybridized carbons (Fsp3) is 0.600. The van der Waals surface area contributed by atoms with E-state index in [0.717, 1.165) is 23.7 Å². The summed E-state index contributed by atoms with van der Waals surface area (Å²) in [6.07, 6.45) is 0. The van der Waals surface area contributed by atoms with Crippen LogP contribution in [0.2, 0.25) is 5.02 Å². The van der Waals surface area contributed by atoms with Gasteiger partial charge < -0.3 is 10.1 Å². The third kappa shape index (κ3) is 5.38. The first-order valence-corrected chi connectivity index (χ1v) is 6.89. The first-order valence-electron chi connectivity index (χ1n) is 6.51. The molecule has 0 bridgehead atoms. The molecule has 102 valence electrons. The molecule has 0 heterocycles. The lowest BCUT2D eigenvalue weighted by atomic mass is 9.98. The second-order valence-electron chi connectivity index (χ2n) is 5.51. The molecule has 2 nitrogen and oxygen atoms in total. The number of nitrogens with one attached hydrogen (secondary N) is 1. The Bertz CT molecular complexity index is 360. The molecule has 0 radical (unpaired) electrons. The largest absolute Gasteiger partial charge is 0.381 e. The van der Waals surface area contributed by atoms with Gasteiger partial charge in [0.15, 0.2) is 0 Å². The Morgan fingerprint density at radius 3 is 2.50 bits per heavy atom. The zero-order chi connectivity index (χ0) is 13.6. The second kappa shape index (κ2) is 7.13. The molecule has 0 spiro atoms. The van der Waals surface area contributed by atoms with E-state index in [-0.39, 0.29) is 11.5 Å². The van der Waals surface area contributed by atoms with Crippen molar-refractivity contribution in [3.05, 3.63) is 34.9 Å². The van der Waals surface area contributed by atoms with E-state index in [1.54, 1.807) is 0 Å². The Morgan fingerprint density at radius 1 is 1.28 bits per heavy atom. The number of ether oxygens (including phenoxy) is 1. The molecule has 0 aliphatic heterocycles. The van der Waals surface area contributed by atoms with Crippen molar-refractivity contribution in [3.63, 3.8) is 0 Å². The maximum atomic E-state index is 6.26. The first-order chi connectivity index (χ1) is 8.44. The van der Waals surface area contributed by atoms with Gasteiger partial charge in [-0.3, -0.25) is 0 Å². The standard InChI is InChI=1S/C15H24ClNO/c1-5-18-11-12(10-17-15(2,3)4)13-8-6-7-9-14(13)16/h6-9,12,17H,5,10-11H2,1-4H3. The average molecular weight is 270 g/mol. The Balaban J connectivity index is 2.75. The minimum atomic E-state index is 0.103. The van der Waals surface area contributed by atoms with Gasteiger partial charge in [-0.1, -0.05) is 29.8 Å². The van der Waals surface area contributed by atoms with E-state index >= 15 is 0 Å². The van der Waals surface area contributed by atoms with Gasteiger partial charge in [0.1, 0.15) is 0 Å². The fourth-order valence-electron chi connectivity index (χ4n) is 1.75. The predicted octanol–water partition coefficient (Wildman–Crippen LogP) is 3.85. The molecule has 0 aromatic heterocycles. The fourth-order valence-corrected chi connectivity index (χ4v) is 2.04. The van der Waals surface area contributed by atoms with Crippen molar-refractivity contribution < 1.29 is 4.74 Å². The van der Waals surface area contributed by atoms with Gasteiger partial charge in [0.05, 0.1) is 6.61 Å². The summed E-state index contributed by atoms with van der Waals surface area (Å²) in [5, 5.41) is 4.34. The molecule has 0 fully saturated rings. The smallest absolute Gasteiger partial charge is 0.0547 e. The Labute approximate surface area is 116 Å². The molecule has 18 heavy (non-hydrogen) atoms. The molecule has 1 aromatic carbocycles. The molecule has 1 rings (SSSR count). The molecule has 0 aliphatic carbocycles. The van der Waals surface area contributed by atoms with E-state index in [9.17, 15) is 0 Å². The van der Waals surface area contributed by atoms with Crippen molar-refractivity contribution in [1.29, 1.82) is 0 Å². The van der Waals surface area contributed by atoms with Crippen molar-refractivity contribution in [1.82, 2.24) is 5.32 Å². The van der Waals surface area contributed by atoms with Crippen LogP contribution in [0.5, 0.6) is 0 Å². The number of benzene rings is 1. The van der Waals surface area contributed by atoms with Crippen molar-refractivity contribution in [3.8, 4) is 0 Å². The average Bonchev–Trinajstić information content (AvgIpc) is 2.29. The van der Waals surface area contributed by atoms with Gasteiger partial charge in [-0.05, 0) is 39.3 Å². The maximum absolute atomic E-state index is 6.26. The predicted molar refractivity (Wildman–Crippen MR) is 78.4 cm³/mol. The lowest BCUT2D eigenvalue weighted by Gasteiger charge is -2.26. The van der Waals surface area contributed by atoms with Gasteiger partial charge in [-0.2, -0.15) is 0 Å². The summed E-state index contributed by atoms with van der Waals surface area (Å²) in [7, 11) is 0. The summed E-state index contributed by atoms with van der Waals surface area (Å²) >= 11 is 6.26. The van der Waals surface area contributed by atoms with Crippen LogP contribution in [0.15, 0.2) is 24.3 Å². The molecule has 0 amide bonds. The van der Waals surface area contributed by atoms with Crippen LogP contribution in [0.3, 0.4) is 0 Å². The Kier molecular flexibility index (Phi) is 6.13. The van der Waals surface area contributed by atoms with Gasteiger partial charge in [-0.15, -0.1) is 0 Å². The number of rotatable bonds is 6. The third-order valence-corrected chi connectivity index (χ3v) is 3.09. The summed E-state index contributed by atoms with van der Waals surface area (Å²) in [5.74, 6) is 0.290. The molecule has 0 aliphatic rings. The highest BCUT2D eigenvalue weighted by atomic mass is 35.5. The monoisotopic (exact) mass is 269 g/mol. The Hall–Kier alpha value is -0.570. The summed E-state index contributed by atoms with van der Waals surface area (Å²) < 4.78 is 5.57. The lowest BCUT2D eigenvalue weighted by molar-refractivity contribution is 0.129. The molecular weight excluding hydrogens is 246 g/mol. The van der Waals surface area contributed by atoms with E-state index in [4.69, 9.17) is 16.3 Å². The molecule has 1 aromatic rings. The highest BCUT2D eigenvalue weighted by Gasteiger charge is 2.18. The van der Waals surface area contributed by atoms with Gasteiger partial charge in [0.2, 0.25) is 0 Å². The molecule has 3 heteroatoms.